The van der Waals surface area contributed by atoms with Gasteiger partial charge in [0.15, 0.2) is 0 Å². The number of aryl methyl sites for hydroxylation is 1. The number of fused-ring (bicyclic) bond motifs is 2. The van der Waals surface area contributed by atoms with E-state index in [2.05, 4.69) is 10.6 Å². The van der Waals surface area contributed by atoms with E-state index in [0.717, 1.165) is 31.8 Å². The Labute approximate surface area is 156 Å². The molecular formula is C21H31ClN2O. The third-order valence-electron chi connectivity index (χ3n) is 6.15. The lowest BCUT2D eigenvalue weighted by Crippen LogP contribution is -2.43. The number of rotatable bonds is 7. The predicted molar refractivity (Wildman–Crippen MR) is 104 cm³/mol. The van der Waals surface area contributed by atoms with E-state index < -0.39 is 0 Å². The second-order valence-corrected chi connectivity index (χ2v) is 8.47. The molecule has 2 aliphatic carbocycles. The third-order valence-corrected chi connectivity index (χ3v) is 6.48. The highest BCUT2D eigenvalue weighted by Gasteiger charge is 2.39. The lowest BCUT2D eigenvalue weighted by molar-refractivity contribution is 0.0682. The van der Waals surface area contributed by atoms with Gasteiger partial charge >= 0.3 is 0 Å². The number of hydrogen-bond donors (Lipinski definition) is 2. The molecule has 2 N–H and O–H groups in total. The molecule has 0 unspecified atom stereocenters. The molecule has 0 atom stereocenters. The van der Waals surface area contributed by atoms with Crippen LogP contribution in [0.25, 0.3) is 0 Å². The summed E-state index contributed by atoms with van der Waals surface area (Å²) in [5, 5.41) is 6.93. The minimum Gasteiger partial charge on any atom is -0.351 e. The van der Waals surface area contributed by atoms with E-state index in [1.807, 2.05) is 25.2 Å². The first-order chi connectivity index (χ1) is 12.1. The van der Waals surface area contributed by atoms with Crippen LogP contribution in [0.4, 0.5) is 0 Å². The van der Waals surface area contributed by atoms with Crippen LogP contribution in [0, 0.1) is 11.3 Å². The Kier molecular flexibility index (Phi) is 6.40. The molecular weight excluding hydrogens is 332 g/mol. The zero-order chi connectivity index (χ0) is 17.7. The van der Waals surface area contributed by atoms with Gasteiger partial charge in [-0.2, -0.15) is 0 Å². The minimum atomic E-state index is -0.0115. The molecule has 1 amide bonds. The van der Waals surface area contributed by atoms with Crippen LogP contribution in [-0.2, 0) is 6.42 Å². The van der Waals surface area contributed by atoms with E-state index >= 15 is 0 Å². The highest BCUT2D eigenvalue weighted by atomic mass is 35.5. The van der Waals surface area contributed by atoms with E-state index in [1.165, 1.54) is 50.5 Å². The van der Waals surface area contributed by atoms with Crippen molar-refractivity contribution in [2.75, 3.05) is 20.1 Å². The summed E-state index contributed by atoms with van der Waals surface area (Å²) in [5.41, 5.74) is 2.15. The molecule has 2 aliphatic rings. The Hall–Kier alpha value is -1.06. The van der Waals surface area contributed by atoms with Gasteiger partial charge in [-0.3, -0.25) is 4.79 Å². The second kappa shape index (κ2) is 8.55. The first kappa shape index (κ1) is 18.7. The van der Waals surface area contributed by atoms with E-state index in [0.29, 0.717) is 16.0 Å². The van der Waals surface area contributed by atoms with Crippen molar-refractivity contribution in [1.82, 2.24) is 10.6 Å². The summed E-state index contributed by atoms with van der Waals surface area (Å²) in [6.07, 6.45) is 11.3. The Morgan fingerprint density at radius 1 is 1.28 bits per heavy atom. The minimum absolute atomic E-state index is 0.0115. The predicted octanol–water partition coefficient (Wildman–Crippen LogP) is 4.58. The zero-order valence-electron chi connectivity index (χ0n) is 15.4. The van der Waals surface area contributed by atoms with E-state index in [4.69, 9.17) is 11.6 Å². The van der Waals surface area contributed by atoms with Gasteiger partial charge in [-0.05, 0) is 74.7 Å². The molecule has 2 bridgehead atoms. The van der Waals surface area contributed by atoms with Crippen molar-refractivity contribution in [2.24, 2.45) is 11.3 Å². The lowest BCUT2D eigenvalue weighted by atomic mass is 9.62. The Morgan fingerprint density at radius 3 is 2.76 bits per heavy atom. The molecule has 1 aromatic carbocycles. The van der Waals surface area contributed by atoms with Gasteiger partial charge in [-0.25, -0.2) is 0 Å². The van der Waals surface area contributed by atoms with Gasteiger partial charge in [0.2, 0.25) is 0 Å². The maximum Gasteiger partial charge on any atom is 0.252 e. The molecule has 138 valence electrons. The first-order valence-electron chi connectivity index (χ1n) is 9.83. The van der Waals surface area contributed by atoms with Gasteiger partial charge in [0.25, 0.3) is 5.91 Å². The number of carbonyl (C=O) groups is 1. The second-order valence-electron chi connectivity index (χ2n) is 8.06. The largest absolute Gasteiger partial charge is 0.351 e. The number of nitrogens with one attached hydrogen (secondary N) is 2. The zero-order valence-corrected chi connectivity index (χ0v) is 16.1. The van der Waals surface area contributed by atoms with Gasteiger partial charge in [0.1, 0.15) is 0 Å². The standard InChI is InChI=1S/C21H31ClN2O/c1-23-12-4-7-16-8-9-19(22)18(13-16)20(25)24-15-21-10-2-5-17(14-21)6-3-11-21/h8-9,13,17,23H,2-7,10-12,14-15H2,1H3,(H,24,25). The molecule has 0 saturated heterocycles. The summed E-state index contributed by atoms with van der Waals surface area (Å²) in [6, 6.07) is 5.86. The van der Waals surface area contributed by atoms with Crippen molar-refractivity contribution in [3.63, 3.8) is 0 Å². The van der Waals surface area contributed by atoms with Crippen molar-refractivity contribution >= 4 is 17.5 Å². The van der Waals surface area contributed by atoms with Gasteiger partial charge in [0.05, 0.1) is 10.6 Å². The Balaban J connectivity index is 1.61. The van der Waals surface area contributed by atoms with Crippen LogP contribution >= 0.6 is 11.6 Å². The number of halogens is 1. The van der Waals surface area contributed by atoms with Crippen LogP contribution in [0.2, 0.25) is 5.02 Å². The molecule has 0 aromatic heterocycles. The number of carbonyl (C=O) groups excluding carboxylic acids is 1. The summed E-state index contributed by atoms with van der Waals surface area (Å²) >= 11 is 6.30. The maximum absolute atomic E-state index is 12.7. The fourth-order valence-electron chi connectivity index (χ4n) is 4.80. The first-order valence-corrected chi connectivity index (χ1v) is 10.2. The summed E-state index contributed by atoms with van der Waals surface area (Å²) in [4.78, 5) is 12.7. The molecule has 1 aromatic rings. The van der Waals surface area contributed by atoms with Gasteiger partial charge in [0, 0.05) is 6.54 Å². The molecule has 3 rings (SSSR count). The van der Waals surface area contributed by atoms with Crippen LogP contribution in [0.1, 0.15) is 67.3 Å². The molecule has 25 heavy (non-hydrogen) atoms. The average molecular weight is 363 g/mol. The molecule has 2 fully saturated rings. The molecule has 2 saturated carbocycles. The molecule has 0 aliphatic heterocycles. The van der Waals surface area contributed by atoms with Gasteiger partial charge < -0.3 is 10.6 Å². The molecule has 4 heteroatoms. The molecule has 0 radical (unpaired) electrons. The summed E-state index contributed by atoms with van der Waals surface area (Å²) in [5.74, 6) is 0.876. The average Bonchev–Trinajstić information content (AvgIpc) is 2.61. The Morgan fingerprint density at radius 2 is 2.04 bits per heavy atom. The van der Waals surface area contributed by atoms with Crippen LogP contribution in [-0.4, -0.2) is 26.0 Å². The third kappa shape index (κ3) is 4.77. The van der Waals surface area contributed by atoms with E-state index in [-0.39, 0.29) is 5.91 Å². The summed E-state index contributed by atoms with van der Waals surface area (Å²) < 4.78 is 0. The highest BCUT2D eigenvalue weighted by molar-refractivity contribution is 6.33. The van der Waals surface area contributed by atoms with Crippen molar-refractivity contribution in [3.05, 3.63) is 34.3 Å². The van der Waals surface area contributed by atoms with Crippen LogP contribution < -0.4 is 10.6 Å². The van der Waals surface area contributed by atoms with E-state index in [9.17, 15) is 4.79 Å². The smallest absolute Gasteiger partial charge is 0.252 e. The van der Waals surface area contributed by atoms with Crippen LogP contribution in [0.15, 0.2) is 18.2 Å². The van der Waals surface area contributed by atoms with Crippen molar-refractivity contribution in [2.45, 2.75) is 57.8 Å². The van der Waals surface area contributed by atoms with Crippen LogP contribution in [0.3, 0.4) is 0 Å². The molecule has 0 heterocycles. The number of amides is 1. The summed E-state index contributed by atoms with van der Waals surface area (Å²) in [6.45, 7) is 1.79. The monoisotopic (exact) mass is 362 g/mol. The highest BCUT2D eigenvalue weighted by Crippen LogP contribution is 2.48. The molecule has 0 spiro atoms. The lowest BCUT2D eigenvalue weighted by Gasteiger charge is -2.45. The fourth-order valence-corrected chi connectivity index (χ4v) is 5.01. The van der Waals surface area contributed by atoms with Crippen molar-refractivity contribution < 1.29 is 4.79 Å². The molecule has 3 nitrogen and oxygen atoms in total. The van der Waals surface area contributed by atoms with Gasteiger partial charge in [-0.15, -0.1) is 0 Å². The normalized spacial score (nSPS) is 25.6. The SMILES string of the molecule is CNCCCc1ccc(Cl)c(C(=O)NCC23CCCC(CCC2)C3)c1. The summed E-state index contributed by atoms with van der Waals surface area (Å²) in [7, 11) is 1.96. The topological polar surface area (TPSA) is 41.1 Å². The van der Waals surface area contributed by atoms with Crippen LogP contribution in [0.5, 0.6) is 0 Å². The van der Waals surface area contributed by atoms with Crippen molar-refractivity contribution in [1.29, 1.82) is 0 Å². The van der Waals surface area contributed by atoms with Gasteiger partial charge in [-0.1, -0.05) is 43.4 Å². The number of benzene rings is 1. The number of hydrogen-bond acceptors (Lipinski definition) is 2. The Bertz CT molecular complexity index is 592. The maximum atomic E-state index is 12.7. The van der Waals surface area contributed by atoms with E-state index in [1.54, 1.807) is 0 Å². The van der Waals surface area contributed by atoms with Crippen molar-refractivity contribution in [3.8, 4) is 0 Å². The quantitative estimate of drug-likeness (QED) is 0.697. The fraction of sp³-hybridized carbons (Fsp3) is 0.667.